The number of aliphatic carboxylic acids is 1. The Labute approximate surface area is 153 Å². The lowest BCUT2D eigenvalue weighted by Crippen LogP contribution is -2.40. The molecule has 1 aliphatic rings. The number of fused-ring (bicyclic) bond motifs is 1. The minimum Gasteiger partial charge on any atom is -0.478 e. The normalized spacial score (nSPS) is 16.2. The maximum absolute atomic E-state index is 13.3. The molecule has 1 heterocycles. The molecule has 0 bridgehead atoms. The van der Waals surface area contributed by atoms with E-state index in [0.717, 1.165) is 17.2 Å². The third-order valence-corrected chi connectivity index (χ3v) is 4.38. The second-order valence-corrected chi connectivity index (χ2v) is 6.37. The van der Waals surface area contributed by atoms with Crippen molar-refractivity contribution in [1.29, 1.82) is 0 Å². The number of carboxylic acids is 1. The van der Waals surface area contributed by atoms with Crippen molar-refractivity contribution in [1.82, 2.24) is 0 Å². The van der Waals surface area contributed by atoms with Crippen LogP contribution in [0, 0.1) is 20.8 Å². The number of hydrogen-bond donors (Lipinski definition) is 1. The summed E-state index contributed by atoms with van der Waals surface area (Å²) in [6, 6.07) is 8.70. The van der Waals surface area contributed by atoms with Gasteiger partial charge in [0, 0.05) is 11.1 Å². The van der Waals surface area contributed by atoms with E-state index in [2.05, 4.69) is 0 Å². The van der Waals surface area contributed by atoms with Crippen LogP contribution in [0.3, 0.4) is 0 Å². The largest absolute Gasteiger partial charge is 0.478 e. The van der Waals surface area contributed by atoms with Crippen LogP contribution in [-0.2, 0) is 4.79 Å². The van der Waals surface area contributed by atoms with E-state index in [-0.39, 0.29) is 11.3 Å². The van der Waals surface area contributed by atoms with Crippen LogP contribution in [0.15, 0.2) is 35.9 Å². The zero-order valence-electron chi connectivity index (χ0n) is 14.8. The Kier molecular flexibility index (Phi) is 4.63. The topological polar surface area (TPSA) is 55.8 Å². The Bertz CT molecular complexity index is 925. The first-order chi connectivity index (χ1) is 12.6. The number of hydrogen-bond acceptors (Lipinski definition) is 3. The van der Waals surface area contributed by atoms with Gasteiger partial charge in [-0.3, -0.25) is 0 Å². The molecular weight excluding hydrogens is 361 g/mol. The van der Waals surface area contributed by atoms with Crippen LogP contribution in [0.25, 0.3) is 6.08 Å². The van der Waals surface area contributed by atoms with Crippen LogP contribution in [0.1, 0.15) is 22.3 Å². The minimum atomic E-state index is -4.85. The predicted octanol–water partition coefficient (Wildman–Crippen LogP) is 5.20. The van der Waals surface area contributed by atoms with E-state index >= 15 is 0 Å². The molecule has 0 saturated heterocycles. The van der Waals surface area contributed by atoms with Gasteiger partial charge in [-0.15, -0.1) is 0 Å². The van der Waals surface area contributed by atoms with Gasteiger partial charge in [0.1, 0.15) is 17.2 Å². The molecule has 3 rings (SSSR count). The number of halogens is 3. The first-order valence-corrected chi connectivity index (χ1v) is 8.15. The predicted molar refractivity (Wildman–Crippen MR) is 93.3 cm³/mol. The van der Waals surface area contributed by atoms with Gasteiger partial charge in [0.2, 0.25) is 6.10 Å². The second-order valence-electron chi connectivity index (χ2n) is 6.37. The fourth-order valence-electron chi connectivity index (χ4n) is 2.99. The molecule has 0 amide bonds. The molecule has 7 heteroatoms. The Hall–Kier alpha value is -2.96. The van der Waals surface area contributed by atoms with Crippen LogP contribution in [0.2, 0.25) is 0 Å². The molecule has 0 aromatic heterocycles. The Morgan fingerprint density at radius 3 is 2.30 bits per heavy atom. The molecule has 142 valence electrons. The van der Waals surface area contributed by atoms with E-state index in [1.165, 1.54) is 6.07 Å². The van der Waals surface area contributed by atoms with Gasteiger partial charge in [0.05, 0.1) is 5.57 Å². The molecule has 1 N–H and O–H groups in total. The molecule has 4 nitrogen and oxygen atoms in total. The third kappa shape index (κ3) is 3.49. The number of rotatable bonds is 3. The highest BCUT2D eigenvalue weighted by molar-refractivity contribution is 5.95. The van der Waals surface area contributed by atoms with Gasteiger partial charge in [0.25, 0.3) is 0 Å². The van der Waals surface area contributed by atoms with E-state index in [1.807, 2.05) is 32.0 Å². The van der Waals surface area contributed by atoms with Gasteiger partial charge in [-0.2, -0.15) is 13.2 Å². The van der Waals surface area contributed by atoms with Crippen molar-refractivity contribution in [2.45, 2.75) is 33.1 Å². The Morgan fingerprint density at radius 2 is 1.74 bits per heavy atom. The molecule has 27 heavy (non-hydrogen) atoms. The van der Waals surface area contributed by atoms with Crippen molar-refractivity contribution < 1.29 is 32.5 Å². The van der Waals surface area contributed by atoms with Crippen LogP contribution in [0.4, 0.5) is 13.2 Å². The van der Waals surface area contributed by atoms with Crippen LogP contribution in [0.5, 0.6) is 17.2 Å². The zero-order valence-corrected chi connectivity index (χ0v) is 14.8. The first kappa shape index (κ1) is 18.8. The number of benzene rings is 2. The highest BCUT2D eigenvalue weighted by atomic mass is 19.4. The molecule has 1 unspecified atom stereocenters. The number of carbonyl (C=O) groups is 1. The van der Waals surface area contributed by atoms with Crippen LogP contribution < -0.4 is 9.47 Å². The van der Waals surface area contributed by atoms with Crippen molar-refractivity contribution in [2.75, 3.05) is 0 Å². The van der Waals surface area contributed by atoms with Crippen molar-refractivity contribution in [3.05, 3.63) is 58.2 Å². The SMILES string of the molecule is Cc1cccc(C)c1Oc1ccc2c(c1C)OC(C(F)(F)F)C(C(=O)O)=C2. The van der Waals surface area contributed by atoms with E-state index in [9.17, 15) is 18.0 Å². The van der Waals surface area contributed by atoms with Crippen molar-refractivity contribution >= 4 is 12.0 Å². The fourth-order valence-corrected chi connectivity index (χ4v) is 2.99. The average Bonchev–Trinajstić information content (AvgIpc) is 2.58. The summed E-state index contributed by atoms with van der Waals surface area (Å²) < 4.78 is 50.8. The lowest BCUT2D eigenvalue weighted by atomic mass is 9.98. The quantitative estimate of drug-likeness (QED) is 0.798. The molecular formula is C20H17F3O4. The molecule has 0 fully saturated rings. The summed E-state index contributed by atoms with van der Waals surface area (Å²) in [6.07, 6.45) is -6.39. The van der Waals surface area contributed by atoms with Crippen LogP contribution in [-0.4, -0.2) is 23.4 Å². The number of alkyl halides is 3. The summed E-state index contributed by atoms with van der Waals surface area (Å²) in [5.41, 5.74) is 1.55. The summed E-state index contributed by atoms with van der Waals surface area (Å²) in [6.45, 7) is 5.32. The summed E-state index contributed by atoms with van der Waals surface area (Å²) in [7, 11) is 0. The number of aryl methyl sites for hydroxylation is 2. The number of carboxylic acid groups (broad SMARTS) is 1. The minimum absolute atomic E-state index is 0.0361. The van der Waals surface area contributed by atoms with E-state index < -0.39 is 23.8 Å². The van der Waals surface area contributed by atoms with Crippen LogP contribution >= 0.6 is 0 Å². The van der Waals surface area contributed by atoms with Gasteiger partial charge in [0.15, 0.2) is 0 Å². The summed E-state index contributed by atoms with van der Waals surface area (Å²) >= 11 is 0. The van der Waals surface area contributed by atoms with E-state index in [4.69, 9.17) is 14.6 Å². The molecule has 2 aromatic rings. The second kappa shape index (κ2) is 6.64. The third-order valence-electron chi connectivity index (χ3n) is 4.38. The molecule has 1 aliphatic heterocycles. The number of ether oxygens (including phenoxy) is 2. The summed E-state index contributed by atoms with van der Waals surface area (Å²) in [5.74, 6) is -0.743. The summed E-state index contributed by atoms with van der Waals surface area (Å²) in [5, 5.41) is 9.10. The van der Waals surface area contributed by atoms with Gasteiger partial charge in [-0.1, -0.05) is 18.2 Å². The van der Waals surface area contributed by atoms with Crippen molar-refractivity contribution in [3.63, 3.8) is 0 Å². The Balaban J connectivity index is 2.06. The highest BCUT2D eigenvalue weighted by Gasteiger charge is 2.48. The summed E-state index contributed by atoms with van der Waals surface area (Å²) in [4.78, 5) is 11.2. The smallest absolute Gasteiger partial charge is 0.430 e. The maximum Gasteiger partial charge on any atom is 0.430 e. The lowest BCUT2D eigenvalue weighted by Gasteiger charge is -2.28. The Morgan fingerprint density at radius 1 is 1.11 bits per heavy atom. The molecule has 1 atom stereocenters. The molecule has 0 spiro atoms. The standard InChI is InChI=1S/C20H17F3O4/c1-10-5-4-6-11(2)16(10)26-15-8-7-13-9-14(19(24)25)18(20(21,22)23)27-17(13)12(15)3/h4-9,18H,1-3H3,(H,24,25). The molecule has 0 aliphatic carbocycles. The zero-order chi connectivity index (χ0) is 19.9. The van der Waals surface area contributed by atoms with E-state index in [1.54, 1.807) is 13.0 Å². The maximum atomic E-state index is 13.3. The van der Waals surface area contributed by atoms with Gasteiger partial charge in [-0.25, -0.2) is 4.79 Å². The lowest BCUT2D eigenvalue weighted by molar-refractivity contribution is -0.187. The first-order valence-electron chi connectivity index (χ1n) is 8.15. The highest BCUT2D eigenvalue weighted by Crippen LogP contribution is 2.43. The van der Waals surface area contributed by atoms with E-state index in [0.29, 0.717) is 17.1 Å². The molecule has 0 saturated carbocycles. The molecule has 2 aromatic carbocycles. The van der Waals surface area contributed by atoms with Gasteiger partial charge in [-0.05, 0) is 50.1 Å². The fraction of sp³-hybridized carbons (Fsp3) is 0.250. The van der Waals surface area contributed by atoms with Crippen molar-refractivity contribution in [2.24, 2.45) is 0 Å². The monoisotopic (exact) mass is 378 g/mol. The average molecular weight is 378 g/mol. The molecule has 0 radical (unpaired) electrons. The number of para-hydroxylation sites is 1. The van der Waals surface area contributed by atoms with Gasteiger partial charge >= 0.3 is 12.1 Å². The van der Waals surface area contributed by atoms with Crippen molar-refractivity contribution in [3.8, 4) is 17.2 Å². The van der Waals surface area contributed by atoms with Gasteiger partial charge < -0.3 is 14.6 Å².